The number of rotatable bonds is 4. The summed E-state index contributed by atoms with van der Waals surface area (Å²) >= 11 is 4.67. The van der Waals surface area contributed by atoms with E-state index in [0.29, 0.717) is 0 Å². The van der Waals surface area contributed by atoms with E-state index in [1.54, 1.807) is 11.3 Å². The van der Waals surface area contributed by atoms with Crippen LogP contribution in [0.4, 0.5) is 8.78 Å². The number of aromatic nitrogens is 1. The van der Waals surface area contributed by atoms with Crippen LogP contribution in [0.15, 0.2) is 16.6 Å². The SMILES string of the molecule is Cc1nc(C)c(C(C)NCc2c(F)ccc(Br)c2F)s1. The van der Waals surface area contributed by atoms with E-state index in [1.807, 2.05) is 20.8 Å². The molecule has 1 atom stereocenters. The second-order valence-corrected chi connectivity index (χ2v) is 6.70. The van der Waals surface area contributed by atoms with Crippen LogP contribution in [-0.4, -0.2) is 4.98 Å². The van der Waals surface area contributed by atoms with Crippen molar-refractivity contribution >= 4 is 27.3 Å². The Labute approximate surface area is 129 Å². The zero-order chi connectivity index (χ0) is 14.9. The predicted molar refractivity (Wildman–Crippen MR) is 80.9 cm³/mol. The quantitative estimate of drug-likeness (QED) is 0.802. The predicted octanol–water partition coefficient (Wildman–Crippen LogP) is 4.65. The van der Waals surface area contributed by atoms with E-state index in [4.69, 9.17) is 0 Å². The van der Waals surface area contributed by atoms with Gasteiger partial charge in [0.25, 0.3) is 0 Å². The minimum Gasteiger partial charge on any atom is -0.305 e. The third kappa shape index (κ3) is 3.24. The van der Waals surface area contributed by atoms with Crippen LogP contribution in [0.3, 0.4) is 0 Å². The average molecular weight is 361 g/mol. The zero-order valence-corrected chi connectivity index (χ0v) is 13.8. The van der Waals surface area contributed by atoms with E-state index in [9.17, 15) is 8.78 Å². The molecule has 0 aliphatic heterocycles. The van der Waals surface area contributed by atoms with Crippen molar-refractivity contribution in [2.45, 2.75) is 33.4 Å². The van der Waals surface area contributed by atoms with Crippen molar-refractivity contribution in [3.8, 4) is 0 Å². The van der Waals surface area contributed by atoms with Gasteiger partial charge in [-0.05, 0) is 48.8 Å². The van der Waals surface area contributed by atoms with Crippen molar-refractivity contribution < 1.29 is 8.78 Å². The highest BCUT2D eigenvalue weighted by molar-refractivity contribution is 9.10. The number of hydrogen-bond acceptors (Lipinski definition) is 3. The lowest BCUT2D eigenvalue weighted by atomic mass is 10.1. The molecule has 1 aromatic carbocycles. The van der Waals surface area contributed by atoms with E-state index in [0.717, 1.165) is 15.6 Å². The highest BCUT2D eigenvalue weighted by Crippen LogP contribution is 2.26. The summed E-state index contributed by atoms with van der Waals surface area (Å²) in [5.41, 5.74) is 1.01. The summed E-state index contributed by atoms with van der Waals surface area (Å²) in [4.78, 5) is 5.45. The Morgan fingerprint density at radius 3 is 2.65 bits per heavy atom. The van der Waals surface area contributed by atoms with Crippen LogP contribution in [0.5, 0.6) is 0 Å². The van der Waals surface area contributed by atoms with Gasteiger partial charge in [0, 0.05) is 23.0 Å². The van der Waals surface area contributed by atoms with Crippen molar-refractivity contribution in [3.05, 3.63) is 49.4 Å². The minimum atomic E-state index is -0.554. The summed E-state index contributed by atoms with van der Waals surface area (Å²) in [5.74, 6) is -1.09. The van der Waals surface area contributed by atoms with Gasteiger partial charge in [0.1, 0.15) is 11.6 Å². The molecule has 0 amide bonds. The number of nitrogens with one attached hydrogen (secondary N) is 1. The van der Waals surface area contributed by atoms with Crippen molar-refractivity contribution in [1.29, 1.82) is 0 Å². The minimum absolute atomic E-state index is 0.000943. The third-order valence-corrected chi connectivity index (χ3v) is 4.92. The maximum absolute atomic E-state index is 13.9. The van der Waals surface area contributed by atoms with Crippen molar-refractivity contribution in [1.82, 2.24) is 10.3 Å². The van der Waals surface area contributed by atoms with Crippen molar-refractivity contribution in [2.75, 3.05) is 0 Å². The number of nitrogens with zero attached hydrogens (tertiary/aromatic N) is 1. The second kappa shape index (κ2) is 6.28. The molecule has 108 valence electrons. The van der Waals surface area contributed by atoms with Crippen LogP contribution in [0, 0.1) is 25.5 Å². The van der Waals surface area contributed by atoms with Crippen LogP contribution in [0.2, 0.25) is 0 Å². The Balaban J connectivity index is 2.13. The fourth-order valence-corrected chi connectivity index (χ4v) is 3.35. The van der Waals surface area contributed by atoms with E-state index in [2.05, 4.69) is 26.2 Å². The molecule has 0 spiro atoms. The number of thiazole rings is 1. The molecular formula is C14H15BrF2N2S. The van der Waals surface area contributed by atoms with E-state index in [-0.39, 0.29) is 22.6 Å². The Kier molecular flexibility index (Phi) is 4.88. The molecule has 1 unspecified atom stereocenters. The van der Waals surface area contributed by atoms with Gasteiger partial charge in [-0.1, -0.05) is 0 Å². The number of halogens is 3. The molecule has 0 saturated heterocycles. The van der Waals surface area contributed by atoms with Gasteiger partial charge >= 0.3 is 0 Å². The zero-order valence-electron chi connectivity index (χ0n) is 11.4. The lowest BCUT2D eigenvalue weighted by molar-refractivity contribution is 0.508. The molecule has 0 aliphatic carbocycles. The molecule has 0 fully saturated rings. The lowest BCUT2D eigenvalue weighted by Crippen LogP contribution is -2.19. The second-order valence-electron chi connectivity index (χ2n) is 4.61. The van der Waals surface area contributed by atoms with Crippen LogP contribution in [-0.2, 0) is 6.54 Å². The van der Waals surface area contributed by atoms with Crippen LogP contribution in [0.25, 0.3) is 0 Å². The summed E-state index contributed by atoms with van der Waals surface area (Å²) in [6, 6.07) is 2.63. The Morgan fingerprint density at radius 2 is 2.05 bits per heavy atom. The van der Waals surface area contributed by atoms with Gasteiger partial charge in [0.05, 0.1) is 15.2 Å². The molecule has 0 bridgehead atoms. The first-order valence-corrected chi connectivity index (χ1v) is 7.80. The molecule has 1 aromatic heterocycles. The Morgan fingerprint density at radius 1 is 1.35 bits per heavy atom. The first-order chi connectivity index (χ1) is 9.40. The summed E-state index contributed by atoms with van der Waals surface area (Å²) < 4.78 is 27.8. The van der Waals surface area contributed by atoms with Gasteiger partial charge in [-0.25, -0.2) is 13.8 Å². The van der Waals surface area contributed by atoms with E-state index in [1.165, 1.54) is 12.1 Å². The van der Waals surface area contributed by atoms with Crippen molar-refractivity contribution in [3.63, 3.8) is 0 Å². The molecule has 1 N–H and O–H groups in total. The van der Waals surface area contributed by atoms with Gasteiger partial charge in [0.15, 0.2) is 0 Å². The molecule has 0 saturated carbocycles. The van der Waals surface area contributed by atoms with Crippen molar-refractivity contribution in [2.24, 2.45) is 0 Å². The van der Waals surface area contributed by atoms with Crippen LogP contribution >= 0.6 is 27.3 Å². The van der Waals surface area contributed by atoms with E-state index >= 15 is 0 Å². The smallest absolute Gasteiger partial charge is 0.144 e. The number of hydrogen-bond donors (Lipinski definition) is 1. The van der Waals surface area contributed by atoms with Gasteiger partial charge in [0.2, 0.25) is 0 Å². The normalized spacial score (nSPS) is 12.7. The van der Waals surface area contributed by atoms with Crippen LogP contribution < -0.4 is 5.32 Å². The summed E-state index contributed by atoms with van der Waals surface area (Å²) in [7, 11) is 0. The molecule has 20 heavy (non-hydrogen) atoms. The first kappa shape index (κ1) is 15.5. The van der Waals surface area contributed by atoms with Crippen LogP contribution in [0.1, 0.15) is 34.1 Å². The Hall–Kier alpha value is -0.850. The van der Waals surface area contributed by atoms with Gasteiger partial charge in [-0.3, -0.25) is 0 Å². The largest absolute Gasteiger partial charge is 0.305 e. The maximum atomic E-state index is 13.9. The standard InChI is InChI=1S/C14H15BrF2N2S/c1-7(14-8(2)19-9(3)20-14)18-6-10-12(16)5-4-11(15)13(10)17/h4-5,7,18H,6H2,1-3H3. The van der Waals surface area contributed by atoms with Gasteiger partial charge in [-0.2, -0.15) is 0 Å². The van der Waals surface area contributed by atoms with E-state index < -0.39 is 11.6 Å². The molecule has 2 nitrogen and oxygen atoms in total. The summed E-state index contributed by atoms with van der Waals surface area (Å²) in [6.07, 6.45) is 0. The highest BCUT2D eigenvalue weighted by Gasteiger charge is 2.16. The number of aryl methyl sites for hydroxylation is 2. The lowest BCUT2D eigenvalue weighted by Gasteiger charge is -2.14. The average Bonchev–Trinajstić information content (AvgIpc) is 2.73. The fourth-order valence-electron chi connectivity index (χ4n) is 2.03. The third-order valence-electron chi connectivity index (χ3n) is 3.06. The molecule has 6 heteroatoms. The number of benzene rings is 1. The molecule has 1 heterocycles. The highest BCUT2D eigenvalue weighted by atomic mass is 79.9. The maximum Gasteiger partial charge on any atom is 0.144 e. The fraction of sp³-hybridized carbons (Fsp3) is 0.357. The molecule has 0 radical (unpaired) electrons. The Bertz CT molecular complexity index is 628. The van der Waals surface area contributed by atoms with Gasteiger partial charge in [-0.15, -0.1) is 11.3 Å². The molecular weight excluding hydrogens is 346 g/mol. The first-order valence-electron chi connectivity index (χ1n) is 6.19. The summed E-state index contributed by atoms with van der Waals surface area (Å²) in [6.45, 7) is 5.99. The molecule has 2 aromatic rings. The molecule has 2 rings (SSSR count). The monoisotopic (exact) mass is 360 g/mol. The summed E-state index contributed by atoms with van der Waals surface area (Å²) in [5, 5.41) is 4.14. The topological polar surface area (TPSA) is 24.9 Å². The van der Waals surface area contributed by atoms with Gasteiger partial charge < -0.3 is 5.32 Å². The molecule has 0 aliphatic rings.